The Labute approximate surface area is 134 Å². The second kappa shape index (κ2) is 5.48. The molecule has 124 valence electrons. The van der Waals surface area contributed by atoms with Crippen LogP contribution in [0.2, 0.25) is 0 Å². The van der Waals surface area contributed by atoms with Crippen molar-refractivity contribution in [3.8, 4) is 0 Å². The van der Waals surface area contributed by atoms with Gasteiger partial charge in [-0.25, -0.2) is 0 Å². The summed E-state index contributed by atoms with van der Waals surface area (Å²) in [6.07, 6.45) is 6.87. The van der Waals surface area contributed by atoms with E-state index in [0.717, 1.165) is 43.9 Å². The van der Waals surface area contributed by atoms with Crippen LogP contribution in [0, 0.1) is 23.2 Å². The zero-order chi connectivity index (χ0) is 15.3. The van der Waals surface area contributed by atoms with Crippen molar-refractivity contribution < 1.29 is 4.79 Å². The molecule has 0 spiro atoms. The summed E-state index contributed by atoms with van der Waals surface area (Å²) >= 11 is 0. The average molecular weight is 305 g/mol. The van der Waals surface area contributed by atoms with E-state index in [1.54, 1.807) is 0 Å². The van der Waals surface area contributed by atoms with Crippen molar-refractivity contribution >= 4 is 5.91 Å². The maximum absolute atomic E-state index is 12.5. The third-order valence-electron chi connectivity index (χ3n) is 6.87. The molecule has 1 heterocycles. The summed E-state index contributed by atoms with van der Waals surface area (Å²) in [6, 6.07) is 0.476. The molecule has 5 fully saturated rings. The Hall–Kier alpha value is -0.610. The fraction of sp³-hybridized carbons (Fsp3) is 0.944. The van der Waals surface area contributed by atoms with Crippen molar-refractivity contribution in [3.63, 3.8) is 0 Å². The van der Waals surface area contributed by atoms with Crippen molar-refractivity contribution in [1.29, 1.82) is 0 Å². The summed E-state index contributed by atoms with van der Waals surface area (Å²) in [5.74, 6) is 2.74. The highest BCUT2D eigenvalue weighted by atomic mass is 16.2. The summed E-state index contributed by atoms with van der Waals surface area (Å²) < 4.78 is 0. The van der Waals surface area contributed by atoms with Gasteiger partial charge in [0.25, 0.3) is 0 Å². The third kappa shape index (κ3) is 2.80. The smallest absolute Gasteiger partial charge is 0.234 e. The number of nitrogens with zero attached hydrogens (tertiary/aromatic N) is 2. The van der Waals surface area contributed by atoms with Gasteiger partial charge in [0.15, 0.2) is 0 Å². The fourth-order valence-corrected chi connectivity index (χ4v) is 6.11. The topological polar surface area (TPSA) is 35.6 Å². The van der Waals surface area contributed by atoms with Crippen molar-refractivity contribution in [2.45, 2.75) is 45.1 Å². The summed E-state index contributed by atoms with van der Waals surface area (Å²) in [6.45, 7) is 7.32. The number of nitrogens with one attached hydrogen (secondary N) is 1. The van der Waals surface area contributed by atoms with Crippen LogP contribution < -0.4 is 5.32 Å². The SMILES string of the molecule is CN1CCN(CC(=O)NC2C3CC4CC2CC(C)(C4)C3)CC1. The van der Waals surface area contributed by atoms with Crippen LogP contribution in [0.4, 0.5) is 0 Å². The van der Waals surface area contributed by atoms with E-state index in [4.69, 9.17) is 0 Å². The molecule has 2 atom stereocenters. The zero-order valence-electron chi connectivity index (χ0n) is 14.2. The van der Waals surface area contributed by atoms with Gasteiger partial charge in [-0.15, -0.1) is 0 Å². The highest BCUT2D eigenvalue weighted by Crippen LogP contribution is 2.59. The lowest BCUT2D eigenvalue weighted by Gasteiger charge is -2.59. The molecule has 5 rings (SSSR count). The molecule has 1 N–H and O–H groups in total. The van der Waals surface area contributed by atoms with E-state index < -0.39 is 0 Å². The van der Waals surface area contributed by atoms with Crippen LogP contribution in [-0.4, -0.2) is 61.5 Å². The molecule has 4 bridgehead atoms. The molecular weight excluding hydrogens is 274 g/mol. The van der Waals surface area contributed by atoms with Crippen molar-refractivity contribution in [3.05, 3.63) is 0 Å². The Morgan fingerprint density at radius 3 is 2.32 bits per heavy atom. The molecule has 0 aromatic carbocycles. The molecule has 0 aromatic heterocycles. The quantitative estimate of drug-likeness (QED) is 0.859. The molecule has 5 aliphatic rings. The third-order valence-corrected chi connectivity index (χ3v) is 6.87. The molecule has 4 saturated carbocycles. The van der Waals surface area contributed by atoms with E-state index in [9.17, 15) is 4.79 Å². The number of likely N-dealkylation sites (N-methyl/N-ethyl adjacent to an activating group) is 1. The van der Waals surface area contributed by atoms with E-state index in [0.29, 0.717) is 18.0 Å². The molecule has 4 nitrogen and oxygen atoms in total. The highest BCUT2D eigenvalue weighted by Gasteiger charge is 2.53. The molecule has 0 aromatic rings. The number of rotatable bonds is 3. The van der Waals surface area contributed by atoms with Gasteiger partial charge in [-0.2, -0.15) is 0 Å². The summed E-state index contributed by atoms with van der Waals surface area (Å²) in [4.78, 5) is 17.2. The number of hydrogen-bond donors (Lipinski definition) is 1. The van der Waals surface area contributed by atoms with Crippen LogP contribution in [0.15, 0.2) is 0 Å². The maximum Gasteiger partial charge on any atom is 0.234 e. The molecule has 0 radical (unpaired) electrons. The van der Waals surface area contributed by atoms with Gasteiger partial charge in [-0.05, 0) is 62.3 Å². The van der Waals surface area contributed by atoms with E-state index in [-0.39, 0.29) is 5.91 Å². The largest absolute Gasteiger partial charge is 0.352 e. The molecule has 1 amide bonds. The lowest BCUT2D eigenvalue weighted by atomic mass is 9.48. The average Bonchev–Trinajstić information content (AvgIpc) is 2.44. The Balaban J connectivity index is 1.33. The van der Waals surface area contributed by atoms with Gasteiger partial charge < -0.3 is 10.2 Å². The van der Waals surface area contributed by atoms with E-state index in [1.807, 2.05) is 0 Å². The predicted molar refractivity (Wildman–Crippen MR) is 87.5 cm³/mol. The molecule has 2 unspecified atom stereocenters. The number of carbonyl (C=O) groups is 1. The van der Waals surface area contributed by atoms with Crippen LogP contribution in [0.1, 0.15) is 39.0 Å². The Morgan fingerprint density at radius 2 is 1.73 bits per heavy atom. The lowest BCUT2D eigenvalue weighted by molar-refractivity contribution is -0.128. The van der Waals surface area contributed by atoms with Crippen LogP contribution in [0.3, 0.4) is 0 Å². The standard InChI is InChI=1S/C18H31N3O/c1-18-9-13-7-14(10-18)17(15(8-13)11-18)19-16(22)12-21-5-3-20(2)4-6-21/h13-15,17H,3-12H2,1-2H3,(H,19,22). The van der Waals surface area contributed by atoms with Gasteiger partial charge in [0.2, 0.25) is 5.91 Å². The van der Waals surface area contributed by atoms with Crippen LogP contribution in [0.25, 0.3) is 0 Å². The molecule has 22 heavy (non-hydrogen) atoms. The number of piperazine rings is 1. The fourth-order valence-electron chi connectivity index (χ4n) is 6.11. The van der Waals surface area contributed by atoms with Gasteiger partial charge >= 0.3 is 0 Å². The summed E-state index contributed by atoms with van der Waals surface area (Å²) in [5.41, 5.74) is 0.592. The van der Waals surface area contributed by atoms with E-state index in [2.05, 4.69) is 29.1 Å². The monoisotopic (exact) mass is 305 g/mol. The second-order valence-corrected chi connectivity index (χ2v) is 8.95. The zero-order valence-corrected chi connectivity index (χ0v) is 14.2. The molecule has 1 saturated heterocycles. The minimum Gasteiger partial charge on any atom is -0.352 e. The Bertz CT molecular complexity index is 428. The second-order valence-electron chi connectivity index (χ2n) is 8.95. The lowest BCUT2D eigenvalue weighted by Crippen LogP contribution is -2.59. The van der Waals surface area contributed by atoms with Gasteiger partial charge in [-0.3, -0.25) is 9.69 Å². The first-order valence-corrected chi connectivity index (χ1v) is 9.21. The first kappa shape index (κ1) is 14.9. The summed E-state index contributed by atoms with van der Waals surface area (Å²) in [7, 11) is 2.16. The van der Waals surface area contributed by atoms with Crippen LogP contribution in [0.5, 0.6) is 0 Å². The maximum atomic E-state index is 12.5. The van der Waals surface area contributed by atoms with Crippen molar-refractivity contribution in [1.82, 2.24) is 15.1 Å². The van der Waals surface area contributed by atoms with Gasteiger partial charge in [0.1, 0.15) is 0 Å². The minimum atomic E-state index is 0.271. The number of amides is 1. The Morgan fingerprint density at radius 1 is 1.09 bits per heavy atom. The highest BCUT2D eigenvalue weighted by molar-refractivity contribution is 5.78. The normalized spacial score (nSPS) is 45.2. The van der Waals surface area contributed by atoms with Gasteiger partial charge in [0.05, 0.1) is 6.54 Å². The predicted octanol–water partition coefficient (Wildman–Crippen LogP) is 1.56. The molecular formula is C18H31N3O. The van der Waals surface area contributed by atoms with Gasteiger partial charge in [0, 0.05) is 32.2 Å². The van der Waals surface area contributed by atoms with Crippen molar-refractivity contribution in [2.24, 2.45) is 23.2 Å². The van der Waals surface area contributed by atoms with Crippen LogP contribution in [-0.2, 0) is 4.79 Å². The van der Waals surface area contributed by atoms with Crippen LogP contribution >= 0.6 is 0 Å². The summed E-state index contributed by atoms with van der Waals surface area (Å²) in [5, 5.41) is 3.44. The van der Waals surface area contributed by atoms with E-state index in [1.165, 1.54) is 32.1 Å². The first-order valence-electron chi connectivity index (χ1n) is 9.21. The van der Waals surface area contributed by atoms with Gasteiger partial charge in [-0.1, -0.05) is 6.92 Å². The molecule has 1 aliphatic heterocycles. The van der Waals surface area contributed by atoms with Crippen molar-refractivity contribution in [2.75, 3.05) is 39.8 Å². The minimum absolute atomic E-state index is 0.271. The Kier molecular flexibility index (Phi) is 3.73. The first-order chi connectivity index (χ1) is 10.5. The molecule has 4 heteroatoms. The number of carbonyl (C=O) groups excluding carboxylic acids is 1. The number of hydrogen-bond acceptors (Lipinski definition) is 3. The molecule has 4 aliphatic carbocycles. The van der Waals surface area contributed by atoms with E-state index >= 15 is 0 Å².